The molecular formula is C13H16F9NO4S. The molecule has 2 atom stereocenters. The van der Waals surface area contributed by atoms with Gasteiger partial charge in [0.15, 0.2) is 11.9 Å². The van der Waals surface area contributed by atoms with Crippen molar-refractivity contribution in [2.24, 2.45) is 11.3 Å². The van der Waals surface area contributed by atoms with Crippen LogP contribution in [0.5, 0.6) is 0 Å². The number of hydrogen-bond donors (Lipinski definition) is 0. The fourth-order valence-corrected chi connectivity index (χ4v) is 5.77. The van der Waals surface area contributed by atoms with Crippen molar-refractivity contribution in [1.29, 1.82) is 0 Å². The molecule has 0 aliphatic carbocycles. The first kappa shape index (κ1) is 24.6. The van der Waals surface area contributed by atoms with E-state index in [-0.39, 0.29) is 6.42 Å². The van der Waals surface area contributed by atoms with Crippen LogP contribution in [0.25, 0.3) is 0 Å². The Bertz CT molecular complexity index is 587. The molecule has 1 heterocycles. The molecule has 166 valence electrons. The highest BCUT2D eigenvalue weighted by Gasteiger charge is 2.78. The number of rotatable bonds is 8. The topological polar surface area (TPSA) is 65.0 Å². The van der Waals surface area contributed by atoms with Gasteiger partial charge in [0.05, 0.1) is 5.92 Å². The van der Waals surface area contributed by atoms with Gasteiger partial charge < -0.3 is 9.02 Å². The van der Waals surface area contributed by atoms with Gasteiger partial charge in [0.25, 0.3) is 0 Å². The molecule has 0 aromatic rings. The predicted octanol–water partition coefficient (Wildman–Crippen LogP) is 5.19. The van der Waals surface area contributed by atoms with Gasteiger partial charge in [-0.3, -0.25) is 4.79 Å². The quantitative estimate of drug-likeness (QED) is 0.220. The van der Waals surface area contributed by atoms with Crippen LogP contribution in [0.15, 0.2) is 5.34 Å². The molecule has 1 aliphatic rings. The van der Waals surface area contributed by atoms with Gasteiger partial charge in [-0.15, -0.1) is 4.91 Å². The summed E-state index contributed by atoms with van der Waals surface area (Å²) >= 11 is 0. The van der Waals surface area contributed by atoms with Gasteiger partial charge in [0, 0.05) is 28.2 Å². The fraction of sp³-hybridized carbons (Fsp3) is 0.923. The molecule has 0 amide bonds. The van der Waals surface area contributed by atoms with E-state index in [2.05, 4.69) is 9.02 Å². The first-order valence-electron chi connectivity index (χ1n) is 7.73. The first-order valence-corrected chi connectivity index (χ1v) is 9.63. The van der Waals surface area contributed by atoms with Crippen molar-refractivity contribution in [3.05, 3.63) is 4.91 Å². The summed E-state index contributed by atoms with van der Waals surface area (Å²) in [5.74, 6) is -16.9. The molecule has 0 saturated carbocycles. The number of ether oxygens (including phenoxy) is 1. The van der Waals surface area contributed by atoms with Crippen molar-refractivity contribution in [3.8, 4) is 0 Å². The molecule has 5 nitrogen and oxygen atoms in total. The third-order valence-corrected chi connectivity index (χ3v) is 7.54. The minimum atomic E-state index is -5.97. The van der Waals surface area contributed by atoms with Crippen molar-refractivity contribution in [2.45, 2.75) is 49.5 Å². The average Bonchev–Trinajstić information content (AvgIpc) is 2.59. The minimum Gasteiger partial charge on any atom is -0.456 e. The van der Waals surface area contributed by atoms with Crippen molar-refractivity contribution >= 4 is 16.3 Å². The number of esters is 1. The van der Waals surface area contributed by atoms with Crippen LogP contribution in [0.1, 0.15) is 26.2 Å². The van der Waals surface area contributed by atoms with Crippen LogP contribution in [0.2, 0.25) is 0 Å². The largest absolute Gasteiger partial charge is 0.456 e. The third-order valence-electron chi connectivity index (χ3n) is 4.12. The summed E-state index contributed by atoms with van der Waals surface area (Å²) in [6.45, 7) is -1.53. The van der Waals surface area contributed by atoms with Gasteiger partial charge in [-0.25, -0.2) is 0 Å². The van der Waals surface area contributed by atoms with Gasteiger partial charge in [0.2, 0.25) is 0 Å². The lowest BCUT2D eigenvalue weighted by Crippen LogP contribution is -2.58. The number of alkyl halides is 9. The second kappa shape index (κ2) is 8.14. The van der Waals surface area contributed by atoms with E-state index < -0.39 is 76.4 Å². The molecule has 0 bridgehead atoms. The van der Waals surface area contributed by atoms with Crippen molar-refractivity contribution in [1.82, 2.24) is 0 Å². The van der Waals surface area contributed by atoms with Gasteiger partial charge in [0.1, 0.15) is 0 Å². The number of halogens is 9. The SMILES string of the molecule is CCC(F)(F)C(F)(F)C(F)(F)S1(ON=O)CCCC(C(=O)OCC(F)(F)F)C1. The average molecular weight is 453 g/mol. The molecule has 1 aliphatic heterocycles. The van der Waals surface area contributed by atoms with Gasteiger partial charge in [-0.2, -0.15) is 39.5 Å². The van der Waals surface area contributed by atoms with E-state index in [0.29, 0.717) is 6.92 Å². The summed E-state index contributed by atoms with van der Waals surface area (Å²) in [6, 6.07) is 0. The molecular weight excluding hydrogens is 437 g/mol. The van der Waals surface area contributed by atoms with Gasteiger partial charge in [-0.05, 0) is 12.8 Å². The maximum atomic E-state index is 14.6. The fourth-order valence-electron chi connectivity index (χ4n) is 2.59. The third kappa shape index (κ3) is 4.59. The van der Waals surface area contributed by atoms with Crippen LogP contribution < -0.4 is 0 Å². The molecule has 1 saturated heterocycles. The second-order valence-corrected chi connectivity index (χ2v) is 9.07. The highest BCUT2D eigenvalue weighted by molar-refractivity contribution is 8.30. The lowest BCUT2D eigenvalue weighted by atomic mass is 10.1. The summed E-state index contributed by atoms with van der Waals surface area (Å²) in [5, 5.41) is -3.91. The second-order valence-electron chi connectivity index (χ2n) is 6.04. The highest BCUT2D eigenvalue weighted by atomic mass is 32.3. The van der Waals surface area contributed by atoms with Gasteiger partial charge in [-0.1, -0.05) is 6.92 Å². The monoisotopic (exact) mass is 453 g/mol. The zero-order valence-corrected chi connectivity index (χ0v) is 15.0. The van der Waals surface area contributed by atoms with Crippen molar-refractivity contribution in [3.63, 3.8) is 0 Å². The van der Waals surface area contributed by atoms with E-state index in [1.165, 1.54) is 0 Å². The summed E-state index contributed by atoms with van der Waals surface area (Å²) < 4.78 is 128. The van der Waals surface area contributed by atoms with Crippen LogP contribution >= 0.6 is 10.3 Å². The summed E-state index contributed by atoms with van der Waals surface area (Å²) in [5.41, 5.74) is 0. The Balaban J connectivity index is 3.22. The molecule has 0 radical (unpaired) electrons. The molecule has 0 N–H and O–H groups in total. The number of hydrogen-bond acceptors (Lipinski definition) is 5. The van der Waals surface area contributed by atoms with Gasteiger partial charge >= 0.3 is 29.2 Å². The Hall–Kier alpha value is -1.41. The van der Waals surface area contributed by atoms with E-state index >= 15 is 0 Å². The molecule has 1 rings (SSSR count). The van der Waals surface area contributed by atoms with Crippen LogP contribution in [-0.2, 0) is 13.8 Å². The summed E-state index contributed by atoms with van der Waals surface area (Å²) in [4.78, 5) is 22.1. The standard InChI is InChI=1S/C13H16F9NO4S/c1-2-10(14,15)12(19,20)13(21,22)28(27-23-25)5-3-4-8(6-28)9(24)26-7-11(16,17)18/h8H,2-7H2,1H3. The zero-order valence-electron chi connectivity index (χ0n) is 14.2. The molecule has 15 heteroatoms. The van der Waals surface area contributed by atoms with Crippen LogP contribution in [0.4, 0.5) is 39.5 Å². The van der Waals surface area contributed by atoms with E-state index in [1.807, 2.05) is 0 Å². The predicted molar refractivity (Wildman–Crippen MR) is 79.1 cm³/mol. The van der Waals surface area contributed by atoms with Crippen LogP contribution in [0, 0.1) is 10.8 Å². The first-order chi connectivity index (χ1) is 12.6. The molecule has 2 unspecified atom stereocenters. The number of carbonyl (C=O) groups is 1. The molecule has 1 fully saturated rings. The Kier molecular flexibility index (Phi) is 7.16. The minimum absolute atomic E-state index is 0.348. The Morgan fingerprint density at radius 3 is 2.14 bits per heavy atom. The van der Waals surface area contributed by atoms with E-state index in [4.69, 9.17) is 0 Å². The summed E-state index contributed by atoms with van der Waals surface area (Å²) in [7, 11) is -4.75. The highest BCUT2D eigenvalue weighted by Crippen LogP contribution is 2.72. The Labute approximate surface area is 154 Å². The van der Waals surface area contributed by atoms with E-state index in [9.17, 15) is 49.2 Å². The maximum absolute atomic E-state index is 14.6. The van der Waals surface area contributed by atoms with Crippen molar-refractivity contribution in [2.75, 3.05) is 18.1 Å². The normalized spacial score (nSPS) is 26.9. The lowest BCUT2D eigenvalue weighted by molar-refractivity contribution is -0.280. The zero-order chi connectivity index (χ0) is 22.0. The van der Waals surface area contributed by atoms with E-state index in [1.54, 1.807) is 5.34 Å². The molecule has 28 heavy (non-hydrogen) atoms. The Morgan fingerprint density at radius 1 is 1.11 bits per heavy atom. The van der Waals surface area contributed by atoms with Crippen molar-refractivity contribution < 1.29 is 53.3 Å². The number of carbonyl (C=O) groups excluding carboxylic acids is 1. The summed E-state index contributed by atoms with van der Waals surface area (Å²) in [6.07, 6.45) is -7.44. The van der Waals surface area contributed by atoms with Crippen LogP contribution in [-0.4, -0.2) is 47.4 Å². The number of nitrogens with zero attached hydrogens (tertiary/aromatic N) is 1. The molecule has 0 aromatic carbocycles. The Morgan fingerprint density at radius 2 is 1.68 bits per heavy atom. The van der Waals surface area contributed by atoms with Crippen LogP contribution in [0.3, 0.4) is 0 Å². The maximum Gasteiger partial charge on any atom is 0.422 e. The molecule has 0 aromatic heterocycles. The van der Waals surface area contributed by atoms with E-state index in [0.717, 1.165) is 0 Å². The lowest BCUT2D eigenvalue weighted by Gasteiger charge is -2.48. The smallest absolute Gasteiger partial charge is 0.422 e. The molecule has 0 spiro atoms.